The normalized spacial score (nSPS) is 17.7. The van der Waals surface area contributed by atoms with Crippen LogP contribution in [0.25, 0.3) is 11.3 Å². The molecule has 0 saturated carbocycles. The van der Waals surface area contributed by atoms with E-state index in [2.05, 4.69) is 42.1 Å². The predicted molar refractivity (Wildman–Crippen MR) is 89.9 cm³/mol. The molecule has 0 spiro atoms. The maximum Gasteiger partial charge on any atom is 0.167 e. The number of benzene rings is 1. The van der Waals surface area contributed by atoms with Gasteiger partial charge in [-0.25, -0.2) is 0 Å². The van der Waals surface area contributed by atoms with E-state index in [-0.39, 0.29) is 0 Å². The van der Waals surface area contributed by atoms with Crippen molar-refractivity contribution >= 4 is 0 Å². The van der Waals surface area contributed by atoms with Gasteiger partial charge < -0.3 is 9.42 Å². The lowest BCUT2D eigenvalue weighted by Gasteiger charge is -2.35. The smallest absolute Gasteiger partial charge is 0.167 e. The third kappa shape index (κ3) is 3.09. The Morgan fingerprint density at radius 3 is 2.68 bits per heavy atom. The molecule has 1 aromatic heterocycles. The monoisotopic (exact) mass is 298 g/mol. The number of hydrogen-bond donors (Lipinski definition) is 0. The second kappa shape index (κ2) is 7.10. The molecule has 0 fully saturated rings. The third-order valence-electron chi connectivity index (χ3n) is 4.70. The molecule has 1 atom stereocenters. The molecular weight excluding hydrogens is 272 g/mol. The van der Waals surface area contributed by atoms with Crippen molar-refractivity contribution in [2.45, 2.75) is 52.0 Å². The topological polar surface area (TPSA) is 29.3 Å². The zero-order valence-electron chi connectivity index (χ0n) is 13.7. The first-order valence-corrected chi connectivity index (χ1v) is 8.59. The van der Waals surface area contributed by atoms with Gasteiger partial charge in [-0.2, -0.15) is 0 Å². The Morgan fingerprint density at radius 2 is 2.00 bits per heavy atom. The molecule has 0 saturated heterocycles. The largest absolute Gasteiger partial charge is 0.356 e. The molecule has 118 valence electrons. The molecule has 3 heteroatoms. The van der Waals surface area contributed by atoms with Crippen molar-refractivity contribution in [2.75, 3.05) is 13.1 Å². The van der Waals surface area contributed by atoms with E-state index in [4.69, 9.17) is 4.52 Å². The van der Waals surface area contributed by atoms with Crippen LogP contribution in [0.5, 0.6) is 0 Å². The van der Waals surface area contributed by atoms with E-state index in [9.17, 15) is 0 Å². The molecule has 22 heavy (non-hydrogen) atoms. The van der Waals surface area contributed by atoms with E-state index in [0.717, 1.165) is 12.2 Å². The van der Waals surface area contributed by atoms with Crippen LogP contribution in [-0.2, 0) is 12.8 Å². The van der Waals surface area contributed by atoms with Gasteiger partial charge in [0.15, 0.2) is 5.76 Å². The van der Waals surface area contributed by atoms with Crippen LogP contribution in [0.2, 0.25) is 0 Å². The van der Waals surface area contributed by atoms with Crippen LogP contribution in [0.15, 0.2) is 35.0 Å². The number of aromatic nitrogens is 1. The molecule has 3 rings (SSSR count). The van der Waals surface area contributed by atoms with Gasteiger partial charge in [0.1, 0.15) is 0 Å². The van der Waals surface area contributed by atoms with Crippen LogP contribution in [0, 0.1) is 0 Å². The minimum Gasteiger partial charge on any atom is -0.356 e. The first-order chi connectivity index (χ1) is 10.8. The van der Waals surface area contributed by atoms with E-state index in [1.165, 1.54) is 55.5 Å². The van der Waals surface area contributed by atoms with Crippen molar-refractivity contribution in [3.63, 3.8) is 0 Å². The number of rotatable bonds is 6. The fourth-order valence-corrected chi connectivity index (χ4v) is 3.72. The fraction of sp³-hybridized carbons (Fsp3) is 0.526. The van der Waals surface area contributed by atoms with Crippen molar-refractivity contribution in [3.05, 3.63) is 41.6 Å². The highest BCUT2D eigenvalue weighted by Crippen LogP contribution is 2.33. The summed E-state index contributed by atoms with van der Waals surface area (Å²) >= 11 is 0. The molecule has 3 nitrogen and oxygen atoms in total. The summed E-state index contributed by atoms with van der Waals surface area (Å²) in [4.78, 5) is 2.68. The van der Waals surface area contributed by atoms with Crippen molar-refractivity contribution < 1.29 is 4.52 Å². The molecule has 2 aromatic rings. The van der Waals surface area contributed by atoms with Gasteiger partial charge >= 0.3 is 0 Å². The maximum absolute atomic E-state index is 5.41. The maximum atomic E-state index is 5.41. The standard InChI is InChI=1S/C19H26N2O/c1-3-12-21(13-4-2)16-9-8-15-6-5-7-17(18(15)14-16)19-10-11-20-22-19/h5-7,10-11,16H,3-4,8-9,12-14H2,1-2H3. The van der Waals surface area contributed by atoms with E-state index >= 15 is 0 Å². The van der Waals surface area contributed by atoms with Gasteiger partial charge in [0.25, 0.3) is 0 Å². The molecular formula is C19H26N2O. The van der Waals surface area contributed by atoms with Gasteiger partial charge in [-0.3, -0.25) is 0 Å². The molecule has 1 aliphatic rings. The van der Waals surface area contributed by atoms with Crippen LogP contribution in [-0.4, -0.2) is 29.2 Å². The Morgan fingerprint density at radius 1 is 1.18 bits per heavy atom. The third-order valence-corrected chi connectivity index (χ3v) is 4.70. The molecule has 1 aromatic carbocycles. The summed E-state index contributed by atoms with van der Waals surface area (Å²) in [6, 6.07) is 9.22. The van der Waals surface area contributed by atoms with Crippen molar-refractivity contribution in [2.24, 2.45) is 0 Å². The Hall–Kier alpha value is -1.61. The van der Waals surface area contributed by atoms with E-state index in [1.54, 1.807) is 6.20 Å². The molecule has 0 N–H and O–H groups in total. The van der Waals surface area contributed by atoms with Crippen LogP contribution >= 0.6 is 0 Å². The molecule has 0 radical (unpaired) electrons. The highest BCUT2D eigenvalue weighted by molar-refractivity contribution is 5.64. The quantitative estimate of drug-likeness (QED) is 0.795. The Kier molecular flexibility index (Phi) is 4.94. The lowest BCUT2D eigenvalue weighted by Crippen LogP contribution is -2.40. The second-order valence-electron chi connectivity index (χ2n) is 6.25. The summed E-state index contributed by atoms with van der Waals surface area (Å²) in [6.45, 7) is 6.97. The molecule has 0 amide bonds. The number of aryl methyl sites for hydroxylation is 1. The summed E-state index contributed by atoms with van der Waals surface area (Å²) < 4.78 is 5.41. The molecule has 0 aliphatic heterocycles. The van der Waals surface area contributed by atoms with Crippen molar-refractivity contribution in [3.8, 4) is 11.3 Å². The Balaban J connectivity index is 1.88. The zero-order valence-corrected chi connectivity index (χ0v) is 13.7. The zero-order chi connectivity index (χ0) is 15.4. The van der Waals surface area contributed by atoms with Crippen LogP contribution in [0.1, 0.15) is 44.2 Å². The van der Waals surface area contributed by atoms with Gasteiger partial charge in [0, 0.05) is 17.7 Å². The predicted octanol–water partition coefficient (Wildman–Crippen LogP) is 4.32. The number of fused-ring (bicyclic) bond motifs is 1. The lowest BCUT2D eigenvalue weighted by atomic mass is 9.84. The van der Waals surface area contributed by atoms with E-state index in [0.29, 0.717) is 6.04 Å². The average Bonchev–Trinajstić information content (AvgIpc) is 3.08. The molecule has 0 bridgehead atoms. The van der Waals surface area contributed by atoms with Gasteiger partial charge in [0.05, 0.1) is 6.20 Å². The van der Waals surface area contributed by atoms with Crippen LogP contribution in [0.4, 0.5) is 0 Å². The van der Waals surface area contributed by atoms with Gasteiger partial charge in [-0.15, -0.1) is 0 Å². The molecule has 1 heterocycles. The lowest BCUT2D eigenvalue weighted by molar-refractivity contribution is 0.180. The SMILES string of the molecule is CCCN(CCC)C1CCc2cccc(-c3ccno3)c2C1. The van der Waals surface area contributed by atoms with E-state index < -0.39 is 0 Å². The first-order valence-electron chi connectivity index (χ1n) is 8.59. The fourth-order valence-electron chi connectivity index (χ4n) is 3.72. The van der Waals surface area contributed by atoms with E-state index in [1.807, 2.05) is 6.07 Å². The summed E-state index contributed by atoms with van der Waals surface area (Å²) in [5.41, 5.74) is 4.18. The van der Waals surface area contributed by atoms with Crippen molar-refractivity contribution in [1.82, 2.24) is 10.1 Å². The number of nitrogens with zero attached hydrogens (tertiary/aromatic N) is 2. The molecule has 1 aliphatic carbocycles. The summed E-state index contributed by atoms with van der Waals surface area (Å²) in [6.07, 6.45) is 7.76. The second-order valence-corrected chi connectivity index (χ2v) is 6.25. The highest BCUT2D eigenvalue weighted by atomic mass is 16.5. The summed E-state index contributed by atoms with van der Waals surface area (Å²) in [5.74, 6) is 0.898. The van der Waals surface area contributed by atoms with Gasteiger partial charge in [-0.1, -0.05) is 37.2 Å². The minimum absolute atomic E-state index is 0.663. The van der Waals surface area contributed by atoms with Gasteiger partial charge in [-0.05, 0) is 56.3 Å². The van der Waals surface area contributed by atoms with Gasteiger partial charge in [0.2, 0.25) is 0 Å². The summed E-state index contributed by atoms with van der Waals surface area (Å²) in [5, 5.41) is 3.88. The Labute approximate surface area is 133 Å². The Bertz CT molecular complexity index is 585. The van der Waals surface area contributed by atoms with Crippen LogP contribution in [0.3, 0.4) is 0 Å². The highest BCUT2D eigenvalue weighted by Gasteiger charge is 2.26. The molecule has 1 unspecified atom stereocenters. The van der Waals surface area contributed by atoms with Crippen LogP contribution < -0.4 is 0 Å². The number of hydrogen-bond acceptors (Lipinski definition) is 3. The first kappa shape index (κ1) is 15.3. The average molecular weight is 298 g/mol. The summed E-state index contributed by atoms with van der Waals surface area (Å²) in [7, 11) is 0. The van der Waals surface area contributed by atoms with Crippen molar-refractivity contribution in [1.29, 1.82) is 0 Å². The minimum atomic E-state index is 0.663.